The zero-order valence-electron chi connectivity index (χ0n) is 16.7. The average molecular weight is 443 g/mol. The second kappa shape index (κ2) is 11.0. The summed E-state index contributed by atoms with van der Waals surface area (Å²) in [4.78, 5) is 12.3. The Morgan fingerprint density at radius 2 is 1.97 bits per heavy atom. The summed E-state index contributed by atoms with van der Waals surface area (Å²) in [5.74, 6) is 3.03. The number of anilines is 1. The van der Waals surface area contributed by atoms with Crippen molar-refractivity contribution in [1.29, 1.82) is 0 Å². The minimum absolute atomic E-state index is 0.312. The van der Waals surface area contributed by atoms with Crippen LogP contribution in [-0.2, 0) is 20.6 Å². The zero-order valence-corrected chi connectivity index (χ0v) is 18.3. The van der Waals surface area contributed by atoms with Gasteiger partial charge in [0.2, 0.25) is 15.9 Å². The number of methoxy groups -OCH3 is 2. The molecule has 0 aliphatic carbocycles. The number of amides is 1. The highest BCUT2D eigenvalue weighted by Gasteiger charge is 2.22. The van der Waals surface area contributed by atoms with Crippen molar-refractivity contribution in [3.63, 3.8) is 0 Å². The van der Waals surface area contributed by atoms with Crippen molar-refractivity contribution in [2.24, 2.45) is 0 Å². The van der Waals surface area contributed by atoms with Crippen LogP contribution < -0.4 is 19.1 Å². The Morgan fingerprint density at radius 3 is 2.59 bits per heavy atom. The Balaban J connectivity index is 1.87. The van der Waals surface area contributed by atoms with Crippen molar-refractivity contribution >= 4 is 33.4 Å². The molecule has 2 aromatic rings. The lowest BCUT2D eigenvalue weighted by atomic mass is 10.2. The van der Waals surface area contributed by atoms with Gasteiger partial charge in [0.05, 0.1) is 38.2 Å². The number of carbonyl (C=O) groups is 1. The number of ether oxygens (including phenoxy) is 2. The van der Waals surface area contributed by atoms with E-state index >= 15 is 0 Å². The van der Waals surface area contributed by atoms with Crippen molar-refractivity contribution in [1.82, 2.24) is 5.32 Å². The van der Waals surface area contributed by atoms with E-state index in [1.807, 2.05) is 12.1 Å². The first kappa shape index (κ1) is 23.0. The van der Waals surface area contributed by atoms with E-state index in [0.29, 0.717) is 23.7 Å². The highest BCUT2D eigenvalue weighted by Crippen LogP contribution is 2.32. The van der Waals surface area contributed by atoms with E-state index in [9.17, 15) is 13.2 Å². The SMILES string of the molecule is COc1ccc(N(CC(=O)NCCCSCc2ccco2)S(C)(=O)=O)cc1OC. The van der Waals surface area contributed by atoms with Crippen LogP contribution in [0.3, 0.4) is 0 Å². The maximum absolute atomic E-state index is 12.3. The normalized spacial score (nSPS) is 11.1. The van der Waals surface area contributed by atoms with E-state index in [1.165, 1.54) is 20.3 Å². The maximum atomic E-state index is 12.3. The molecule has 0 unspecified atom stereocenters. The Morgan fingerprint density at radius 1 is 1.21 bits per heavy atom. The molecule has 8 nitrogen and oxygen atoms in total. The molecule has 10 heteroatoms. The molecule has 0 saturated heterocycles. The average Bonchev–Trinajstić information content (AvgIpc) is 3.21. The first-order valence-corrected chi connectivity index (χ1v) is 11.9. The Bertz CT molecular complexity index is 884. The fraction of sp³-hybridized carbons (Fsp3) is 0.421. The van der Waals surface area contributed by atoms with Gasteiger partial charge in [0, 0.05) is 12.6 Å². The molecule has 1 amide bonds. The molecule has 0 aliphatic rings. The van der Waals surface area contributed by atoms with Crippen molar-refractivity contribution in [2.45, 2.75) is 12.2 Å². The molecule has 0 aliphatic heterocycles. The Labute approximate surface area is 175 Å². The minimum atomic E-state index is -3.66. The second-order valence-corrected chi connectivity index (χ2v) is 9.16. The van der Waals surface area contributed by atoms with Crippen LogP contribution in [0.4, 0.5) is 5.69 Å². The van der Waals surface area contributed by atoms with Crippen molar-refractivity contribution in [2.75, 3.05) is 43.6 Å². The summed E-state index contributed by atoms with van der Waals surface area (Å²) in [6, 6.07) is 8.46. The van der Waals surface area contributed by atoms with Crippen LogP contribution in [-0.4, -0.2) is 53.6 Å². The number of carbonyl (C=O) groups excluding carboxylic acids is 1. The molecule has 0 radical (unpaired) electrons. The lowest BCUT2D eigenvalue weighted by Crippen LogP contribution is -2.40. The summed E-state index contributed by atoms with van der Waals surface area (Å²) in [6.45, 7) is 0.154. The van der Waals surface area contributed by atoms with Gasteiger partial charge in [0.15, 0.2) is 11.5 Å². The molecule has 1 aromatic carbocycles. The van der Waals surface area contributed by atoms with E-state index in [1.54, 1.807) is 30.2 Å². The molecule has 1 heterocycles. The van der Waals surface area contributed by atoms with Gasteiger partial charge < -0.3 is 19.2 Å². The van der Waals surface area contributed by atoms with Gasteiger partial charge in [-0.15, -0.1) is 0 Å². The predicted molar refractivity (Wildman–Crippen MR) is 114 cm³/mol. The van der Waals surface area contributed by atoms with Crippen LogP contribution in [0.25, 0.3) is 0 Å². The standard InChI is InChI=1S/C19H26N2O6S2/c1-25-17-8-7-15(12-18(17)26-2)21(29(3,23)24)13-19(22)20-9-5-11-28-14-16-6-4-10-27-16/h4,6-8,10,12H,5,9,11,13-14H2,1-3H3,(H,20,22). The van der Waals surface area contributed by atoms with Gasteiger partial charge >= 0.3 is 0 Å². The van der Waals surface area contributed by atoms with Crippen molar-refractivity contribution in [3.05, 3.63) is 42.4 Å². The number of hydrogen-bond acceptors (Lipinski definition) is 7. The molecule has 0 fully saturated rings. The van der Waals surface area contributed by atoms with Crippen LogP contribution in [0, 0.1) is 0 Å². The number of sulfonamides is 1. The third-order valence-corrected chi connectivity index (χ3v) is 6.16. The van der Waals surface area contributed by atoms with E-state index < -0.39 is 10.0 Å². The van der Waals surface area contributed by atoms with Crippen molar-refractivity contribution < 1.29 is 27.1 Å². The van der Waals surface area contributed by atoms with Gasteiger partial charge in [0.25, 0.3) is 0 Å². The summed E-state index contributed by atoms with van der Waals surface area (Å²) in [6.07, 6.45) is 3.47. The third kappa shape index (κ3) is 7.21. The number of nitrogens with one attached hydrogen (secondary N) is 1. The quantitative estimate of drug-likeness (QED) is 0.504. The first-order valence-electron chi connectivity index (χ1n) is 8.91. The summed E-state index contributed by atoms with van der Waals surface area (Å²) >= 11 is 1.71. The van der Waals surface area contributed by atoms with E-state index in [4.69, 9.17) is 13.9 Å². The summed E-state index contributed by atoms with van der Waals surface area (Å²) < 4.78 is 41.1. The van der Waals surface area contributed by atoms with Gasteiger partial charge in [-0.05, 0) is 36.4 Å². The monoisotopic (exact) mass is 442 g/mol. The van der Waals surface area contributed by atoms with Gasteiger partial charge in [-0.3, -0.25) is 9.10 Å². The van der Waals surface area contributed by atoms with Crippen LogP contribution in [0.1, 0.15) is 12.2 Å². The lowest BCUT2D eigenvalue weighted by molar-refractivity contribution is -0.119. The van der Waals surface area contributed by atoms with Crippen molar-refractivity contribution in [3.8, 4) is 11.5 Å². The largest absolute Gasteiger partial charge is 0.493 e. The number of benzene rings is 1. The second-order valence-electron chi connectivity index (χ2n) is 6.14. The highest BCUT2D eigenvalue weighted by atomic mass is 32.2. The summed E-state index contributed by atoms with van der Waals surface area (Å²) in [5.41, 5.74) is 0.328. The molecular weight excluding hydrogens is 416 g/mol. The molecule has 0 saturated carbocycles. The van der Waals surface area contributed by atoms with Crippen LogP contribution in [0.15, 0.2) is 41.0 Å². The maximum Gasteiger partial charge on any atom is 0.240 e. The molecule has 160 valence electrons. The summed E-state index contributed by atoms with van der Waals surface area (Å²) in [7, 11) is -0.707. The Hall–Kier alpha value is -2.33. The van der Waals surface area contributed by atoms with Crippen LogP contribution in [0.2, 0.25) is 0 Å². The molecule has 0 atom stereocenters. The molecular formula is C19H26N2O6S2. The van der Waals surface area contributed by atoms with Crippen LogP contribution >= 0.6 is 11.8 Å². The smallest absolute Gasteiger partial charge is 0.240 e. The van der Waals surface area contributed by atoms with Gasteiger partial charge in [-0.2, -0.15) is 11.8 Å². The summed E-state index contributed by atoms with van der Waals surface area (Å²) in [5, 5.41) is 2.76. The topological polar surface area (TPSA) is 98.1 Å². The number of thioether (sulfide) groups is 1. The van der Waals surface area contributed by atoms with E-state index in [0.717, 1.165) is 34.2 Å². The predicted octanol–water partition coefficient (Wildman–Crippen LogP) is 2.50. The minimum Gasteiger partial charge on any atom is -0.493 e. The first-order chi connectivity index (χ1) is 13.8. The van der Waals surface area contributed by atoms with E-state index in [2.05, 4.69) is 5.32 Å². The number of rotatable bonds is 12. The van der Waals surface area contributed by atoms with E-state index in [-0.39, 0.29) is 12.5 Å². The van der Waals surface area contributed by atoms with Gasteiger partial charge in [-0.1, -0.05) is 0 Å². The molecule has 1 aromatic heterocycles. The van der Waals surface area contributed by atoms with Crippen LogP contribution in [0.5, 0.6) is 11.5 Å². The number of furan rings is 1. The Kier molecular flexibility index (Phi) is 8.71. The highest BCUT2D eigenvalue weighted by molar-refractivity contribution is 7.98. The molecule has 0 bridgehead atoms. The third-order valence-electron chi connectivity index (χ3n) is 3.95. The lowest BCUT2D eigenvalue weighted by Gasteiger charge is -2.23. The fourth-order valence-electron chi connectivity index (χ4n) is 2.54. The molecule has 29 heavy (non-hydrogen) atoms. The molecule has 2 rings (SSSR count). The zero-order chi connectivity index (χ0) is 21.3. The fourth-order valence-corrected chi connectivity index (χ4v) is 4.24. The molecule has 1 N–H and O–H groups in total. The van der Waals surface area contributed by atoms with Gasteiger partial charge in [-0.25, -0.2) is 8.42 Å². The number of nitrogens with zero attached hydrogens (tertiary/aromatic N) is 1. The van der Waals surface area contributed by atoms with Gasteiger partial charge in [0.1, 0.15) is 12.3 Å². The number of hydrogen-bond donors (Lipinski definition) is 1. The molecule has 0 spiro atoms.